The molecular formula is C15H23ClN2O2. The predicted molar refractivity (Wildman–Crippen MR) is 82.4 cm³/mol. The SMILES string of the molecule is COc1ccccc1C1(C)CC1NC(=O)CC(C)N.Cl. The average molecular weight is 299 g/mol. The molecular weight excluding hydrogens is 276 g/mol. The number of nitrogens with two attached hydrogens (primary N) is 1. The third-order valence-electron chi connectivity index (χ3n) is 3.80. The maximum Gasteiger partial charge on any atom is 0.221 e. The van der Waals surface area contributed by atoms with E-state index in [4.69, 9.17) is 10.5 Å². The molecule has 2 rings (SSSR count). The number of nitrogens with one attached hydrogen (secondary N) is 1. The largest absolute Gasteiger partial charge is 0.496 e. The van der Waals surface area contributed by atoms with Crippen molar-refractivity contribution in [3.05, 3.63) is 29.8 Å². The Morgan fingerprint density at radius 3 is 2.80 bits per heavy atom. The molecule has 1 fully saturated rings. The van der Waals surface area contributed by atoms with Gasteiger partial charge in [0.25, 0.3) is 0 Å². The molecule has 4 nitrogen and oxygen atoms in total. The Morgan fingerprint density at radius 2 is 2.20 bits per heavy atom. The lowest BCUT2D eigenvalue weighted by Gasteiger charge is -2.16. The summed E-state index contributed by atoms with van der Waals surface area (Å²) in [4.78, 5) is 11.8. The van der Waals surface area contributed by atoms with Crippen molar-refractivity contribution < 1.29 is 9.53 Å². The van der Waals surface area contributed by atoms with Crippen molar-refractivity contribution in [2.24, 2.45) is 5.73 Å². The molecule has 1 aliphatic rings. The maximum atomic E-state index is 11.8. The summed E-state index contributed by atoms with van der Waals surface area (Å²) in [5, 5.41) is 3.05. The van der Waals surface area contributed by atoms with E-state index in [1.807, 2.05) is 25.1 Å². The third-order valence-corrected chi connectivity index (χ3v) is 3.80. The highest BCUT2D eigenvalue weighted by Crippen LogP contribution is 2.50. The number of amides is 1. The average Bonchev–Trinajstić information content (AvgIpc) is 2.99. The number of benzene rings is 1. The maximum absolute atomic E-state index is 11.8. The lowest BCUT2D eigenvalue weighted by Crippen LogP contribution is -2.34. The van der Waals surface area contributed by atoms with Gasteiger partial charge in [-0.15, -0.1) is 12.4 Å². The fourth-order valence-corrected chi connectivity index (χ4v) is 2.54. The van der Waals surface area contributed by atoms with Gasteiger partial charge in [0.05, 0.1) is 7.11 Å². The molecule has 1 saturated carbocycles. The first-order chi connectivity index (χ1) is 8.97. The highest BCUT2D eigenvalue weighted by Gasteiger charge is 2.53. The first-order valence-corrected chi connectivity index (χ1v) is 6.66. The minimum Gasteiger partial charge on any atom is -0.496 e. The van der Waals surface area contributed by atoms with Gasteiger partial charge in [0.15, 0.2) is 0 Å². The summed E-state index contributed by atoms with van der Waals surface area (Å²) in [6.45, 7) is 3.99. The summed E-state index contributed by atoms with van der Waals surface area (Å²) >= 11 is 0. The molecule has 3 atom stereocenters. The first-order valence-electron chi connectivity index (χ1n) is 6.66. The van der Waals surface area contributed by atoms with E-state index in [-0.39, 0.29) is 35.8 Å². The molecule has 3 unspecified atom stereocenters. The van der Waals surface area contributed by atoms with E-state index in [2.05, 4.69) is 18.3 Å². The second kappa shape index (κ2) is 6.46. The molecule has 1 amide bonds. The fraction of sp³-hybridized carbons (Fsp3) is 0.533. The molecule has 1 aliphatic carbocycles. The number of hydrogen-bond acceptors (Lipinski definition) is 3. The molecule has 0 heterocycles. The standard InChI is InChI=1S/C15H22N2O2.ClH/c1-10(16)8-14(18)17-13-9-15(13,2)11-6-4-5-7-12(11)19-3;/h4-7,10,13H,8-9,16H2,1-3H3,(H,17,18);1H. The fourth-order valence-electron chi connectivity index (χ4n) is 2.54. The first kappa shape index (κ1) is 16.8. The Hall–Kier alpha value is -1.26. The van der Waals surface area contributed by atoms with Crippen LogP contribution in [0.2, 0.25) is 0 Å². The summed E-state index contributed by atoms with van der Waals surface area (Å²) in [6.07, 6.45) is 1.32. The highest BCUT2D eigenvalue weighted by molar-refractivity contribution is 5.85. The molecule has 0 radical (unpaired) electrons. The zero-order chi connectivity index (χ0) is 14.0. The number of ether oxygens (including phenoxy) is 1. The number of para-hydroxylation sites is 1. The van der Waals surface area contributed by atoms with Gasteiger partial charge in [0, 0.05) is 29.5 Å². The van der Waals surface area contributed by atoms with Crippen LogP contribution in [-0.2, 0) is 10.2 Å². The van der Waals surface area contributed by atoms with Crippen LogP contribution in [0.4, 0.5) is 0 Å². The van der Waals surface area contributed by atoms with Gasteiger partial charge in [-0.25, -0.2) is 0 Å². The van der Waals surface area contributed by atoms with Gasteiger partial charge in [-0.05, 0) is 19.4 Å². The lowest BCUT2D eigenvalue weighted by atomic mass is 9.96. The molecule has 5 heteroatoms. The van der Waals surface area contributed by atoms with Gasteiger partial charge < -0.3 is 15.8 Å². The van der Waals surface area contributed by atoms with Gasteiger partial charge in [-0.3, -0.25) is 4.79 Å². The van der Waals surface area contributed by atoms with Crippen LogP contribution >= 0.6 is 12.4 Å². The van der Waals surface area contributed by atoms with Crippen molar-refractivity contribution in [2.45, 2.75) is 44.2 Å². The predicted octanol–water partition coefficient (Wildman–Crippen LogP) is 2.00. The Balaban J connectivity index is 0.00000200. The second-order valence-corrected chi connectivity index (χ2v) is 5.62. The van der Waals surface area contributed by atoms with Crippen molar-refractivity contribution in [2.75, 3.05) is 7.11 Å². The van der Waals surface area contributed by atoms with Gasteiger partial charge in [-0.2, -0.15) is 0 Å². The molecule has 0 aromatic heterocycles. The van der Waals surface area contributed by atoms with Crippen LogP contribution < -0.4 is 15.8 Å². The van der Waals surface area contributed by atoms with Gasteiger partial charge >= 0.3 is 0 Å². The highest BCUT2D eigenvalue weighted by atomic mass is 35.5. The summed E-state index contributed by atoms with van der Waals surface area (Å²) in [5.74, 6) is 0.910. The zero-order valence-corrected chi connectivity index (χ0v) is 13.0. The van der Waals surface area contributed by atoms with E-state index >= 15 is 0 Å². The number of carbonyl (C=O) groups excluding carboxylic acids is 1. The smallest absolute Gasteiger partial charge is 0.221 e. The number of methoxy groups -OCH3 is 1. The topological polar surface area (TPSA) is 64.3 Å². The Bertz CT molecular complexity index is 479. The van der Waals surface area contributed by atoms with Crippen LogP contribution in [0.3, 0.4) is 0 Å². The van der Waals surface area contributed by atoms with Gasteiger partial charge in [0.2, 0.25) is 5.91 Å². The number of halogens is 1. The number of hydrogen-bond donors (Lipinski definition) is 2. The van der Waals surface area contributed by atoms with Crippen molar-refractivity contribution in [1.29, 1.82) is 0 Å². The number of rotatable bonds is 5. The molecule has 3 N–H and O–H groups in total. The van der Waals surface area contributed by atoms with E-state index in [1.54, 1.807) is 7.11 Å². The molecule has 1 aromatic rings. The van der Waals surface area contributed by atoms with Crippen molar-refractivity contribution in [1.82, 2.24) is 5.32 Å². The van der Waals surface area contributed by atoms with E-state index in [9.17, 15) is 4.79 Å². The van der Waals surface area contributed by atoms with Gasteiger partial charge in [-0.1, -0.05) is 25.1 Å². The third kappa shape index (κ3) is 3.44. The van der Waals surface area contributed by atoms with Crippen LogP contribution in [0, 0.1) is 0 Å². The molecule has 0 aliphatic heterocycles. The van der Waals surface area contributed by atoms with Crippen LogP contribution in [0.5, 0.6) is 5.75 Å². The lowest BCUT2D eigenvalue weighted by molar-refractivity contribution is -0.121. The van der Waals surface area contributed by atoms with E-state index in [0.717, 1.165) is 17.7 Å². The van der Waals surface area contributed by atoms with Crippen molar-refractivity contribution >= 4 is 18.3 Å². The molecule has 0 spiro atoms. The van der Waals surface area contributed by atoms with Crippen LogP contribution in [0.1, 0.15) is 32.3 Å². The normalized spacial score (nSPS) is 25.3. The van der Waals surface area contributed by atoms with E-state index < -0.39 is 0 Å². The second-order valence-electron chi connectivity index (χ2n) is 5.62. The summed E-state index contributed by atoms with van der Waals surface area (Å²) < 4.78 is 5.40. The minimum atomic E-state index is -0.101. The molecule has 20 heavy (non-hydrogen) atoms. The Kier molecular flexibility index (Phi) is 5.42. The zero-order valence-electron chi connectivity index (χ0n) is 12.2. The Morgan fingerprint density at radius 1 is 1.55 bits per heavy atom. The molecule has 1 aromatic carbocycles. The van der Waals surface area contributed by atoms with Gasteiger partial charge in [0.1, 0.15) is 5.75 Å². The molecule has 112 valence electrons. The van der Waals surface area contributed by atoms with E-state index in [1.165, 1.54) is 0 Å². The molecule has 0 saturated heterocycles. The molecule has 0 bridgehead atoms. The summed E-state index contributed by atoms with van der Waals surface area (Å²) in [5.41, 5.74) is 6.76. The van der Waals surface area contributed by atoms with Crippen LogP contribution in [-0.4, -0.2) is 25.1 Å². The van der Waals surface area contributed by atoms with Crippen molar-refractivity contribution in [3.63, 3.8) is 0 Å². The number of carbonyl (C=O) groups is 1. The minimum absolute atomic E-state index is 0. The quantitative estimate of drug-likeness (QED) is 0.874. The summed E-state index contributed by atoms with van der Waals surface area (Å²) in [6, 6.07) is 8.06. The van der Waals surface area contributed by atoms with Crippen LogP contribution in [0.25, 0.3) is 0 Å². The van der Waals surface area contributed by atoms with Crippen LogP contribution in [0.15, 0.2) is 24.3 Å². The summed E-state index contributed by atoms with van der Waals surface area (Å²) in [7, 11) is 1.67. The Labute approximate surface area is 126 Å². The monoisotopic (exact) mass is 298 g/mol. The van der Waals surface area contributed by atoms with Crippen molar-refractivity contribution in [3.8, 4) is 5.75 Å². The van der Waals surface area contributed by atoms with E-state index in [0.29, 0.717) is 6.42 Å².